The van der Waals surface area contributed by atoms with Gasteiger partial charge in [-0.3, -0.25) is 0 Å². The van der Waals surface area contributed by atoms with E-state index in [1.165, 1.54) is 17.0 Å². The molecule has 0 radical (unpaired) electrons. The zero-order valence-corrected chi connectivity index (χ0v) is 11.3. The van der Waals surface area contributed by atoms with Gasteiger partial charge in [0, 0.05) is 10.4 Å². The number of hydrogen-bond acceptors (Lipinski definition) is 3. The van der Waals surface area contributed by atoms with E-state index in [2.05, 4.69) is 11.9 Å². The van der Waals surface area contributed by atoms with Gasteiger partial charge in [0.2, 0.25) is 0 Å². The molecule has 18 heavy (non-hydrogen) atoms. The molecule has 2 N–H and O–H groups in total. The first kappa shape index (κ1) is 13.2. The van der Waals surface area contributed by atoms with Crippen molar-refractivity contribution >= 4 is 11.3 Å². The molecule has 0 aliphatic carbocycles. The van der Waals surface area contributed by atoms with E-state index in [4.69, 9.17) is 5.73 Å². The summed E-state index contributed by atoms with van der Waals surface area (Å²) < 4.78 is 12.9. The highest BCUT2D eigenvalue weighted by Crippen LogP contribution is 2.29. The monoisotopic (exact) mass is 264 g/mol. The number of benzene rings is 1. The van der Waals surface area contributed by atoms with E-state index in [-0.39, 0.29) is 5.82 Å². The van der Waals surface area contributed by atoms with E-state index in [0.29, 0.717) is 6.54 Å². The summed E-state index contributed by atoms with van der Waals surface area (Å²) >= 11 is 1.72. The molecule has 2 nitrogen and oxygen atoms in total. The minimum absolute atomic E-state index is 0.219. The number of aryl methyl sites for hydroxylation is 1. The summed E-state index contributed by atoms with van der Waals surface area (Å²) in [6.07, 6.45) is 2.90. The fourth-order valence-electron chi connectivity index (χ4n) is 1.86. The van der Waals surface area contributed by atoms with Crippen LogP contribution in [0.15, 0.2) is 24.3 Å². The van der Waals surface area contributed by atoms with Crippen LogP contribution in [0.5, 0.6) is 0 Å². The maximum absolute atomic E-state index is 12.9. The third-order valence-electron chi connectivity index (χ3n) is 2.69. The number of nitrogens with zero attached hydrogens (tertiary/aromatic N) is 1. The Hall–Kier alpha value is -1.26. The first-order chi connectivity index (χ1) is 8.74. The molecule has 1 aromatic heterocycles. The van der Waals surface area contributed by atoms with Crippen LogP contribution < -0.4 is 5.73 Å². The smallest absolute Gasteiger partial charge is 0.123 e. The lowest BCUT2D eigenvalue weighted by molar-refractivity contribution is 0.628. The Morgan fingerprint density at radius 3 is 2.56 bits per heavy atom. The molecule has 0 bridgehead atoms. The second-order valence-electron chi connectivity index (χ2n) is 4.17. The molecule has 2 rings (SSSR count). The van der Waals surface area contributed by atoms with Crippen molar-refractivity contribution in [1.82, 2.24) is 4.98 Å². The van der Waals surface area contributed by atoms with E-state index in [0.717, 1.165) is 35.5 Å². The van der Waals surface area contributed by atoms with Crippen molar-refractivity contribution in [2.45, 2.75) is 26.2 Å². The fourth-order valence-corrected chi connectivity index (χ4v) is 3.06. The Bertz CT molecular complexity index is 505. The molecule has 0 atom stereocenters. The Morgan fingerprint density at radius 1 is 1.22 bits per heavy atom. The normalized spacial score (nSPS) is 10.8. The third kappa shape index (κ3) is 2.94. The zero-order chi connectivity index (χ0) is 13.0. The van der Waals surface area contributed by atoms with Crippen LogP contribution in [0.3, 0.4) is 0 Å². The highest BCUT2D eigenvalue weighted by molar-refractivity contribution is 7.12. The Kier molecular flexibility index (Phi) is 4.44. The van der Waals surface area contributed by atoms with Crippen molar-refractivity contribution in [3.8, 4) is 11.3 Å². The predicted octanol–water partition coefficient (Wildman–Crippen LogP) is 3.40. The average Bonchev–Trinajstić information content (AvgIpc) is 2.74. The van der Waals surface area contributed by atoms with Crippen molar-refractivity contribution in [2.24, 2.45) is 5.73 Å². The van der Waals surface area contributed by atoms with Gasteiger partial charge in [0.15, 0.2) is 0 Å². The molecule has 0 unspecified atom stereocenters. The first-order valence-corrected chi connectivity index (χ1v) is 7.00. The number of nitrogens with two attached hydrogens (primary N) is 1. The lowest BCUT2D eigenvalue weighted by Crippen LogP contribution is -2.02. The standard InChI is InChI=1S/C14H17FN2S/c1-2-3-13-17-14(12(18-13)8-9-16)10-4-6-11(15)7-5-10/h4-7H,2-3,8-9,16H2,1H3. The van der Waals surface area contributed by atoms with Crippen molar-refractivity contribution in [3.05, 3.63) is 40.0 Å². The van der Waals surface area contributed by atoms with Gasteiger partial charge in [0.25, 0.3) is 0 Å². The maximum Gasteiger partial charge on any atom is 0.123 e. The van der Waals surface area contributed by atoms with E-state index in [1.807, 2.05) is 0 Å². The molecule has 0 amide bonds. The molecule has 96 valence electrons. The SMILES string of the molecule is CCCc1nc(-c2ccc(F)cc2)c(CCN)s1. The summed E-state index contributed by atoms with van der Waals surface area (Å²) in [5, 5.41) is 1.14. The first-order valence-electron chi connectivity index (χ1n) is 6.19. The number of aromatic nitrogens is 1. The van der Waals surface area contributed by atoms with Gasteiger partial charge in [0.1, 0.15) is 5.82 Å². The van der Waals surface area contributed by atoms with Gasteiger partial charge >= 0.3 is 0 Å². The number of halogens is 1. The summed E-state index contributed by atoms with van der Waals surface area (Å²) in [5.74, 6) is -0.219. The van der Waals surface area contributed by atoms with Gasteiger partial charge in [-0.05, 0) is 50.1 Å². The molecule has 0 saturated carbocycles. The van der Waals surface area contributed by atoms with Crippen LogP contribution in [0.1, 0.15) is 23.2 Å². The maximum atomic E-state index is 12.9. The number of rotatable bonds is 5. The van der Waals surface area contributed by atoms with E-state index >= 15 is 0 Å². The zero-order valence-electron chi connectivity index (χ0n) is 10.4. The van der Waals surface area contributed by atoms with Gasteiger partial charge in [0.05, 0.1) is 10.7 Å². The largest absolute Gasteiger partial charge is 0.330 e. The lowest BCUT2D eigenvalue weighted by atomic mass is 10.1. The van der Waals surface area contributed by atoms with E-state index < -0.39 is 0 Å². The average molecular weight is 264 g/mol. The van der Waals surface area contributed by atoms with Crippen LogP contribution in [0, 0.1) is 5.82 Å². The van der Waals surface area contributed by atoms with Crippen LogP contribution in [-0.4, -0.2) is 11.5 Å². The molecule has 0 spiro atoms. The highest BCUT2D eigenvalue weighted by atomic mass is 32.1. The Balaban J connectivity index is 2.37. The Morgan fingerprint density at radius 2 is 1.94 bits per heavy atom. The molecular formula is C14H17FN2S. The van der Waals surface area contributed by atoms with Crippen LogP contribution >= 0.6 is 11.3 Å². The predicted molar refractivity (Wildman–Crippen MR) is 74.3 cm³/mol. The van der Waals surface area contributed by atoms with Crippen molar-refractivity contribution in [3.63, 3.8) is 0 Å². The van der Waals surface area contributed by atoms with Crippen molar-refractivity contribution in [1.29, 1.82) is 0 Å². The summed E-state index contributed by atoms with van der Waals surface area (Å²) in [6, 6.07) is 6.50. The van der Waals surface area contributed by atoms with Crippen molar-refractivity contribution < 1.29 is 4.39 Å². The van der Waals surface area contributed by atoms with Gasteiger partial charge in [-0.25, -0.2) is 9.37 Å². The van der Waals surface area contributed by atoms with Crippen LogP contribution in [-0.2, 0) is 12.8 Å². The van der Waals surface area contributed by atoms with Gasteiger partial charge in [-0.15, -0.1) is 11.3 Å². The molecule has 0 saturated heterocycles. The minimum Gasteiger partial charge on any atom is -0.330 e. The number of thiazole rings is 1. The molecule has 1 heterocycles. The van der Waals surface area contributed by atoms with E-state index in [9.17, 15) is 4.39 Å². The summed E-state index contributed by atoms with van der Waals surface area (Å²) in [7, 11) is 0. The highest BCUT2D eigenvalue weighted by Gasteiger charge is 2.12. The fraction of sp³-hybridized carbons (Fsp3) is 0.357. The molecule has 4 heteroatoms. The summed E-state index contributed by atoms with van der Waals surface area (Å²) in [4.78, 5) is 5.86. The summed E-state index contributed by atoms with van der Waals surface area (Å²) in [6.45, 7) is 2.75. The molecule has 2 aromatic rings. The molecule has 0 aliphatic rings. The lowest BCUT2D eigenvalue weighted by Gasteiger charge is -2.00. The quantitative estimate of drug-likeness (QED) is 0.899. The third-order valence-corrected chi connectivity index (χ3v) is 3.87. The van der Waals surface area contributed by atoms with Crippen LogP contribution in [0.4, 0.5) is 4.39 Å². The van der Waals surface area contributed by atoms with Crippen molar-refractivity contribution in [2.75, 3.05) is 6.54 Å². The molecule has 1 aromatic carbocycles. The van der Waals surface area contributed by atoms with Gasteiger partial charge < -0.3 is 5.73 Å². The molecule has 0 aliphatic heterocycles. The number of hydrogen-bond donors (Lipinski definition) is 1. The van der Waals surface area contributed by atoms with Gasteiger partial charge in [-0.1, -0.05) is 6.92 Å². The molecular weight excluding hydrogens is 247 g/mol. The minimum atomic E-state index is -0.219. The second kappa shape index (κ2) is 6.07. The topological polar surface area (TPSA) is 38.9 Å². The molecule has 0 fully saturated rings. The Labute approximate surface area is 111 Å². The van der Waals surface area contributed by atoms with Gasteiger partial charge in [-0.2, -0.15) is 0 Å². The van der Waals surface area contributed by atoms with E-state index in [1.54, 1.807) is 23.5 Å². The summed E-state index contributed by atoms with van der Waals surface area (Å²) in [5.41, 5.74) is 7.57. The van der Waals surface area contributed by atoms with Crippen LogP contribution in [0.2, 0.25) is 0 Å². The van der Waals surface area contributed by atoms with Crippen LogP contribution in [0.25, 0.3) is 11.3 Å². The second-order valence-corrected chi connectivity index (χ2v) is 5.34.